The molecule has 0 bridgehead atoms. The van der Waals surface area contributed by atoms with Gasteiger partial charge in [-0.05, 0) is 6.92 Å². The number of H-pyrrole nitrogens is 1. The summed E-state index contributed by atoms with van der Waals surface area (Å²) in [4.78, 5) is 17.9. The summed E-state index contributed by atoms with van der Waals surface area (Å²) in [6.07, 6.45) is 2.32. The van der Waals surface area contributed by atoms with Crippen LogP contribution in [0.3, 0.4) is 0 Å². The van der Waals surface area contributed by atoms with E-state index in [1.807, 2.05) is 0 Å². The average molecular weight is 165 g/mol. The van der Waals surface area contributed by atoms with Gasteiger partial charge in [-0.25, -0.2) is 4.98 Å². The largest absolute Gasteiger partial charge is 0.313 e. The SMILES string of the molecule is CC1Cc2nc[nH]c(=O)c2CN1. The van der Waals surface area contributed by atoms with Crippen molar-refractivity contribution in [3.8, 4) is 0 Å². The molecule has 1 aromatic rings. The Balaban J connectivity index is 2.49. The molecule has 0 amide bonds. The number of hydrogen-bond acceptors (Lipinski definition) is 3. The predicted octanol–water partition coefficient (Wildman–Crippen LogP) is -0.196. The standard InChI is InChI=1S/C8H11N3O/c1-5-2-7-6(3-9-5)8(12)11-4-10-7/h4-5,9H,2-3H2,1H3,(H,10,11,12). The summed E-state index contributed by atoms with van der Waals surface area (Å²) in [5.41, 5.74) is 1.71. The zero-order chi connectivity index (χ0) is 8.55. The number of hydrogen-bond donors (Lipinski definition) is 2. The molecule has 0 aromatic carbocycles. The van der Waals surface area contributed by atoms with Crippen LogP contribution in [0.2, 0.25) is 0 Å². The highest BCUT2D eigenvalue weighted by atomic mass is 16.1. The summed E-state index contributed by atoms with van der Waals surface area (Å²) in [6, 6.07) is 0.423. The second kappa shape index (κ2) is 2.71. The maximum atomic E-state index is 11.2. The first-order valence-corrected chi connectivity index (χ1v) is 4.06. The molecule has 4 nitrogen and oxygen atoms in total. The van der Waals surface area contributed by atoms with Gasteiger partial charge in [-0.3, -0.25) is 4.79 Å². The lowest BCUT2D eigenvalue weighted by molar-refractivity contribution is 0.500. The smallest absolute Gasteiger partial charge is 0.255 e. The van der Waals surface area contributed by atoms with Crippen LogP contribution in [0.4, 0.5) is 0 Å². The summed E-state index contributed by atoms with van der Waals surface area (Å²) < 4.78 is 0. The zero-order valence-electron chi connectivity index (χ0n) is 6.92. The molecular formula is C8H11N3O. The van der Waals surface area contributed by atoms with E-state index in [-0.39, 0.29) is 5.56 Å². The Morgan fingerprint density at radius 2 is 2.50 bits per heavy atom. The lowest BCUT2D eigenvalue weighted by Crippen LogP contribution is -2.37. The van der Waals surface area contributed by atoms with Crippen LogP contribution in [0.1, 0.15) is 18.2 Å². The van der Waals surface area contributed by atoms with E-state index in [1.54, 1.807) is 0 Å². The molecule has 64 valence electrons. The summed E-state index contributed by atoms with van der Waals surface area (Å²) >= 11 is 0. The van der Waals surface area contributed by atoms with Crippen molar-refractivity contribution in [1.82, 2.24) is 15.3 Å². The van der Waals surface area contributed by atoms with E-state index in [4.69, 9.17) is 0 Å². The minimum Gasteiger partial charge on any atom is -0.313 e. The van der Waals surface area contributed by atoms with Crippen LogP contribution >= 0.6 is 0 Å². The molecule has 2 N–H and O–H groups in total. The molecular weight excluding hydrogens is 154 g/mol. The van der Waals surface area contributed by atoms with E-state index >= 15 is 0 Å². The van der Waals surface area contributed by atoms with Gasteiger partial charge in [0.15, 0.2) is 0 Å². The molecule has 12 heavy (non-hydrogen) atoms. The van der Waals surface area contributed by atoms with Gasteiger partial charge >= 0.3 is 0 Å². The number of aromatic amines is 1. The normalized spacial score (nSPS) is 21.9. The summed E-state index contributed by atoms with van der Waals surface area (Å²) in [7, 11) is 0. The van der Waals surface area contributed by atoms with Crippen LogP contribution in [-0.4, -0.2) is 16.0 Å². The van der Waals surface area contributed by atoms with Crippen LogP contribution < -0.4 is 10.9 Å². The van der Waals surface area contributed by atoms with Crippen molar-refractivity contribution in [2.45, 2.75) is 25.9 Å². The number of fused-ring (bicyclic) bond motifs is 1. The molecule has 1 unspecified atom stereocenters. The maximum absolute atomic E-state index is 11.2. The van der Waals surface area contributed by atoms with Crippen molar-refractivity contribution in [2.24, 2.45) is 0 Å². The second-order valence-corrected chi connectivity index (χ2v) is 3.14. The van der Waals surface area contributed by atoms with Gasteiger partial charge in [-0.2, -0.15) is 0 Å². The molecule has 0 saturated carbocycles. The number of nitrogens with zero attached hydrogens (tertiary/aromatic N) is 1. The molecule has 0 spiro atoms. The Hall–Kier alpha value is -1.16. The van der Waals surface area contributed by atoms with E-state index in [0.29, 0.717) is 12.6 Å². The van der Waals surface area contributed by atoms with Crippen LogP contribution in [-0.2, 0) is 13.0 Å². The molecule has 2 heterocycles. The Labute approximate surface area is 70.0 Å². The van der Waals surface area contributed by atoms with Gasteiger partial charge in [0.25, 0.3) is 5.56 Å². The van der Waals surface area contributed by atoms with Crippen LogP contribution in [0.5, 0.6) is 0 Å². The summed E-state index contributed by atoms with van der Waals surface area (Å²) in [6.45, 7) is 2.73. The molecule has 0 saturated heterocycles. The molecule has 4 heteroatoms. The van der Waals surface area contributed by atoms with Gasteiger partial charge in [0.2, 0.25) is 0 Å². The topological polar surface area (TPSA) is 57.8 Å². The predicted molar refractivity (Wildman–Crippen MR) is 44.9 cm³/mol. The average Bonchev–Trinajstić information content (AvgIpc) is 2.04. The molecule has 2 rings (SSSR count). The van der Waals surface area contributed by atoms with E-state index in [9.17, 15) is 4.79 Å². The zero-order valence-corrected chi connectivity index (χ0v) is 6.92. The first-order chi connectivity index (χ1) is 5.77. The first kappa shape index (κ1) is 7.49. The third-order valence-corrected chi connectivity index (χ3v) is 2.17. The van der Waals surface area contributed by atoms with Crippen molar-refractivity contribution in [3.05, 3.63) is 27.9 Å². The monoisotopic (exact) mass is 165 g/mol. The van der Waals surface area contributed by atoms with Crippen molar-refractivity contribution >= 4 is 0 Å². The lowest BCUT2D eigenvalue weighted by atomic mass is 10.0. The third-order valence-electron chi connectivity index (χ3n) is 2.17. The highest BCUT2D eigenvalue weighted by molar-refractivity contribution is 5.19. The molecule has 0 fully saturated rings. The Bertz CT molecular complexity index is 344. The summed E-state index contributed by atoms with van der Waals surface area (Å²) in [5, 5.41) is 3.22. The second-order valence-electron chi connectivity index (χ2n) is 3.14. The molecule has 1 aromatic heterocycles. The fraction of sp³-hybridized carbons (Fsp3) is 0.500. The Morgan fingerprint density at radius 3 is 3.33 bits per heavy atom. The van der Waals surface area contributed by atoms with Gasteiger partial charge < -0.3 is 10.3 Å². The maximum Gasteiger partial charge on any atom is 0.255 e. The van der Waals surface area contributed by atoms with Gasteiger partial charge in [-0.15, -0.1) is 0 Å². The van der Waals surface area contributed by atoms with E-state index in [0.717, 1.165) is 17.7 Å². The van der Waals surface area contributed by atoms with Gasteiger partial charge in [0, 0.05) is 19.0 Å². The third kappa shape index (κ3) is 1.14. The van der Waals surface area contributed by atoms with Crippen LogP contribution in [0.15, 0.2) is 11.1 Å². The molecule has 0 aliphatic carbocycles. The summed E-state index contributed by atoms with van der Waals surface area (Å²) in [5.74, 6) is 0. The Kier molecular flexibility index (Phi) is 1.69. The van der Waals surface area contributed by atoms with E-state index in [1.165, 1.54) is 6.33 Å². The highest BCUT2D eigenvalue weighted by Gasteiger charge is 2.17. The minimum absolute atomic E-state index is 0.0144. The Morgan fingerprint density at radius 1 is 1.67 bits per heavy atom. The van der Waals surface area contributed by atoms with Crippen molar-refractivity contribution in [3.63, 3.8) is 0 Å². The molecule has 1 atom stereocenters. The van der Waals surface area contributed by atoms with Crippen molar-refractivity contribution < 1.29 is 0 Å². The lowest BCUT2D eigenvalue weighted by Gasteiger charge is -2.20. The fourth-order valence-corrected chi connectivity index (χ4v) is 1.46. The van der Waals surface area contributed by atoms with Gasteiger partial charge in [0.05, 0.1) is 17.6 Å². The van der Waals surface area contributed by atoms with Gasteiger partial charge in [0.1, 0.15) is 0 Å². The number of nitrogens with one attached hydrogen (secondary N) is 2. The van der Waals surface area contributed by atoms with E-state index in [2.05, 4.69) is 22.2 Å². The molecule has 1 aliphatic heterocycles. The molecule has 0 radical (unpaired) electrons. The van der Waals surface area contributed by atoms with Gasteiger partial charge in [-0.1, -0.05) is 0 Å². The first-order valence-electron chi connectivity index (χ1n) is 4.06. The van der Waals surface area contributed by atoms with Crippen molar-refractivity contribution in [2.75, 3.05) is 0 Å². The molecule has 1 aliphatic rings. The fourth-order valence-electron chi connectivity index (χ4n) is 1.46. The van der Waals surface area contributed by atoms with Crippen LogP contribution in [0.25, 0.3) is 0 Å². The number of aromatic nitrogens is 2. The quantitative estimate of drug-likeness (QED) is 0.560. The number of rotatable bonds is 0. The van der Waals surface area contributed by atoms with Crippen LogP contribution in [0, 0.1) is 0 Å². The highest BCUT2D eigenvalue weighted by Crippen LogP contribution is 2.08. The minimum atomic E-state index is -0.0144. The van der Waals surface area contributed by atoms with Crippen molar-refractivity contribution in [1.29, 1.82) is 0 Å². The van der Waals surface area contributed by atoms with E-state index < -0.39 is 0 Å².